The molecule has 1 aliphatic heterocycles. The molecule has 0 aliphatic carbocycles. The lowest BCUT2D eigenvalue weighted by molar-refractivity contribution is 0.479. The van der Waals surface area contributed by atoms with Gasteiger partial charge in [0.2, 0.25) is 0 Å². The molecule has 0 saturated carbocycles. The normalized spacial score (nSPS) is 17.2. The molecule has 0 radical (unpaired) electrons. The van der Waals surface area contributed by atoms with Gasteiger partial charge in [0.05, 0.1) is 11.2 Å². The fraction of sp³-hybridized carbons (Fsp3) is 0.385. The van der Waals surface area contributed by atoms with Crippen molar-refractivity contribution >= 4 is 16.7 Å². The molecule has 1 aliphatic rings. The quantitative estimate of drug-likeness (QED) is 0.823. The molecule has 0 atom stereocenters. The van der Waals surface area contributed by atoms with Crippen molar-refractivity contribution in [3.63, 3.8) is 0 Å². The summed E-state index contributed by atoms with van der Waals surface area (Å²) in [7, 11) is 0. The van der Waals surface area contributed by atoms with Crippen LogP contribution in [0.15, 0.2) is 30.6 Å². The summed E-state index contributed by atoms with van der Waals surface area (Å²) < 4.78 is 0. The average Bonchev–Trinajstić information content (AvgIpc) is 2.40. The van der Waals surface area contributed by atoms with Gasteiger partial charge < -0.3 is 10.6 Å². The number of fused-ring (bicyclic) bond motifs is 1. The highest BCUT2D eigenvalue weighted by Crippen LogP contribution is 2.21. The van der Waals surface area contributed by atoms with E-state index < -0.39 is 0 Å². The summed E-state index contributed by atoms with van der Waals surface area (Å²) in [6.45, 7) is 2.18. The molecule has 2 aromatic rings. The minimum absolute atomic E-state index is 0.545. The Kier molecular flexibility index (Phi) is 2.88. The molecular weight excluding hydrogens is 212 g/mol. The SMILES string of the molecule is c1cnc2c(NC3CCNCC3)ccnc2c1. The lowest BCUT2D eigenvalue weighted by atomic mass is 10.1. The van der Waals surface area contributed by atoms with Gasteiger partial charge in [0.1, 0.15) is 5.52 Å². The van der Waals surface area contributed by atoms with E-state index in [0.717, 1.165) is 42.7 Å². The van der Waals surface area contributed by atoms with Gasteiger partial charge in [-0.05, 0) is 44.1 Å². The number of anilines is 1. The molecule has 17 heavy (non-hydrogen) atoms. The zero-order valence-corrected chi connectivity index (χ0v) is 9.69. The molecule has 1 saturated heterocycles. The molecule has 0 spiro atoms. The molecule has 4 nitrogen and oxygen atoms in total. The minimum atomic E-state index is 0.545. The van der Waals surface area contributed by atoms with Crippen LogP contribution in [0.2, 0.25) is 0 Å². The van der Waals surface area contributed by atoms with Crippen molar-refractivity contribution < 1.29 is 0 Å². The Bertz CT molecular complexity index is 500. The van der Waals surface area contributed by atoms with E-state index >= 15 is 0 Å². The monoisotopic (exact) mass is 228 g/mol. The summed E-state index contributed by atoms with van der Waals surface area (Å²) in [6.07, 6.45) is 5.98. The highest BCUT2D eigenvalue weighted by Gasteiger charge is 2.13. The Morgan fingerprint density at radius 2 is 2.00 bits per heavy atom. The third kappa shape index (κ3) is 2.22. The predicted molar refractivity (Wildman–Crippen MR) is 69.1 cm³/mol. The molecular formula is C13H16N4. The number of pyridine rings is 2. The van der Waals surface area contributed by atoms with E-state index in [9.17, 15) is 0 Å². The van der Waals surface area contributed by atoms with Crippen LogP contribution in [0.5, 0.6) is 0 Å². The second-order valence-corrected chi connectivity index (χ2v) is 4.40. The molecule has 3 heterocycles. The number of nitrogens with one attached hydrogen (secondary N) is 2. The molecule has 2 aromatic heterocycles. The number of piperidine rings is 1. The summed E-state index contributed by atoms with van der Waals surface area (Å²) >= 11 is 0. The highest BCUT2D eigenvalue weighted by molar-refractivity contribution is 5.86. The summed E-state index contributed by atoms with van der Waals surface area (Å²) in [5, 5.41) is 6.95. The van der Waals surface area contributed by atoms with E-state index in [1.165, 1.54) is 0 Å². The molecule has 0 unspecified atom stereocenters. The molecule has 1 fully saturated rings. The van der Waals surface area contributed by atoms with Crippen LogP contribution < -0.4 is 10.6 Å². The lowest BCUT2D eigenvalue weighted by Gasteiger charge is -2.24. The van der Waals surface area contributed by atoms with E-state index in [2.05, 4.69) is 20.6 Å². The maximum absolute atomic E-state index is 4.41. The lowest BCUT2D eigenvalue weighted by Crippen LogP contribution is -2.35. The first-order valence-electron chi connectivity index (χ1n) is 6.10. The summed E-state index contributed by atoms with van der Waals surface area (Å²) in [6, 6.07) is 6.47. The molecule has 0 aromatic carbocycles. The van der Waals surface area contributed by atoms with Gasteiger partial charge in [0, 0.05) is 18.4 Å². The first kappa shape index (κ1) is 10.5. The van der Waals surface area contributed by atoms with Crippen molar-refractivity contribution in [1.82, 2.24) is 15.3 Å². The predicted octanol–water partition coefficient (Wildman–Crippen LogP) is 1.79. The zero-order chi connectivity index (χ0) is 11.5. The number of aromatic nitrogens is 2. The Morgan fingerprint density at radius 1 is 1.12 bits per heavy atom. The van der Waals surface area contributed by atoms with Crippen LogP contribution >= 0.6 is 0 Å². The second-order valence-electron chi connectivity index (χ2n) is 4.40. The van der Waals surface area contributed by atoms with Crippen molar-refractivity contribution in [1.29, 1.82) is 0 Å². The van der Waals surface area contributed by atoms with Gasteiger partial charge in [-0.25, -0.2) is 0 Å². The van der Waals surface area contributed by atoms with E-state index in [1.54, 1.807) is 0 Å². The summed E-state index contributed by atoms with van der Waals surface area (Å²) in [5.74, 6) is 0. The van der Waals surface area contributed by atoms with Gasteiger partial charge in [-0.2, -0.15) is 0 Å². The number of rotatable bonds is 2. The number of hydrogen-bond acceptors (Lipinski definition) is 4. The molecule has 4 heteroatoms. The maximum Gasteiger partial charge on any atom is 0.112 e. The second kappa shape index (κ2) is 4.67. The Hall–Kier alpha value is -1.68. The van der Waals surface area contributed by atoms with Crippen LogP contribution in [-0.2, 0) is 0 Å². The molecule has 88 valence electrons. The summed E-state index contributed by atoms with van der Waals surface area (Å²) in [4.78, 5) is 8.73. The molecule has 0 bridgehead atoms. The van der Waals surface area contributed by atoms with Gasteiger partial charge >= 0.3 is 0 Å². The largest absolute Gasteiger partial charge is 0.380 e. The highest BCUT2D eigenvalue weighted by atomic mass is 15.0. The van der Waals surface area contributed by atoms with Crippen LogP contribution in [0.25, 0.3) is 11.0 Å². The van der Waals surface area contributed by atoms with Crippen molar-refractivity contribution in [3.8, 4) is 0 Å². The Labute approximate surface area is 100 Å². The van der Waals surface area contributed by atoms with Gasteiger partial charge in [-0.3, -0.25) is 9.97 Å². The van der Waals surface area contributed by atoms with Crippen LogP contribution in [0, 0.1) is 0 Å². The van der Waals surface area contributed by atoms with Crippen molar-refractivity contribution in [3.05, 3.63) is 30.6 Å². The van der Waals surface area contributed by atoms with Crippen LogP contribution in [-0.4, -0.2) is 29.1 Å². The molecule has 3 rings (SSSR count). The van der Waals surface area contributed by atoms with Gasteiger partial charge in [0.25, 0.3) is 0 Å². The standard InChI is InChI=1S/C13H16N4/c1-2-11-13(16-6-1)12(5-9-15-11)17-10-3-7-14-8-4-10/h1-2,5-6,9-10,14H,3-4,7-8H2,(H,15,17). The fourth-order valence-electron chi connectivity index (χ4n) is 2.28. The molecule has 0 amide bonds. The maximum atomic E-state index is 4.41. The van der Waals surface area contributed by atoms with Crippen LogP contribution in [0.3, 0.4) is 0 Å². The minimum Gasteiger partial charge on any atom is -0.380 e. The molecule has 2 N–H and O–H groups in total. The van der Waals surface area contributed by atoms with Gasteiger partial charge in [0.15, 0.2) is 0 Å². The third-order valence-electron chi connectivity index (χ3n) is 3.20. The van der Waals surface area contributed by atoms with Crippen LogP contribution in [0.4, 0.5) is 5.69 Å². The topological polar surface area (TPSA) is 49.8 Å². The van der Waals surface area contributed by atoms with Crippen LogP contribution in [0.1, 0.15) is 12.8 Å². The zero-order valence-electron chi connectivity index (χ0n) is 9.69. The van der Waals surface area contributed by atoms with E-state index in [0.29, 0.717) is 6.04 Å². The first-order chi connectivity index (χ1) is 8.43. The smallest absolute Gasteiger partial charge is 0.112 e. The Morgan fingerprint density at radius 3 is 2.88 bits per heavy atom. The fourth-order valence-corrected chi connectivity index (χ4v) is 2.28. The van der Waals surface area contributed by atoms with E-state index in [-0.39, 0.29) is 0 Å². The summed E-state index contributed by atoms with van der Waals surface area (Å²) in [5.41, 5.74) is 3.02. The van der Waals surface area contributed by atoms with Crippen molar-refractivity contribution in [2.24, 2.45) is 0 Å². The van der Waals surface area contributed by atoms with E-state index in [4.69, 9.17) is 0 Å². The van der Waals surface area contributed by atoms with Crippen molar-refractivity contribution in [2.75, 3.05) is 18.4 Å². The Balaban J connectivity index is 1.89. The number of nitrogens with zero attached hydrogens (tertiary/aromatic N) is 2. The van der Waals surface area contributed by atoms with Crippen molar-refractivity contribution in [2.45, 2.75) is 18.9 Å². The third-order valence-corrected chi connectivity index (χ3v) is 3.20. The van der Waals surface area contributed by atoms with E-state index in [1.807, 2.05) is 30.6 Å². The van der Waals surface area contributed by atoms with Gasteiger partial charge in [-0.1, -0.05) is 0 Å². The first-order valence-corrected chi connectivity index (χ1v) is 6.10. The van der Waals surface area contributed by atoms with Gasteiger partial charge in [-0.15, -0.1) is 0 Å². The number of hydrogen-bond donors (Lipinski definition) is 2. The average molecular weight is 228 g/mol.